The number of hydrogen-bond acceptors (Lipinski definition) is 9. The standard InChI is InChI=1S/C28H36F2N8O2.ClH/c1-18-19(5-4-6-35-7-9-36(10-8-35)22-12-20(29)11-21(30)13-22)15-32-38(18)26-14-25(33-27(31)34-26)37-16-23(24(39)17-37)28(2,3)40;/h4-5,11-15,23-24,39-40H,6-10,16-17H2,1-3H3,(H2,31,33,34);1H/b5-4+;/t23-,24+;/m1./s1. The summed E-state index contributed by atoms with van der Waals surface area (Å²) in [6, 6.07) is 5.41. The van der Waals surface area contributed by atoms with E-state index in [0.717, 1.165) is 37.0 Å². The van der Waals surface area contributed by atoms with Crippen molar-refractivity contribution < 1.29 is 19.0 Å². The molecular formula is C28H37ClF2N8O2. The zero-order valence-electron chi connectivity index (χ0n) is 23.4. The van der Waals surface area contributed by atoms with Crippen molar-refractivity contribution in [2.24, 2.45) is 5.92 Å². The predicted molar refractivity (Wildman–Crippen MR) is 158 cm³/mol. The fraction of sp³-hybridized carbons (Fsp3) is 0.464. The van der Waals surface area contributed by atoms with Gasteiger partial charge in [0.15, 0.2) is 5.82 Å². The van der Waals surface area contributed by atoms with Crippen LogP contribution in [0, 0.1) is 24.5 Å². The Hall–Kier alpha value is -3.32. The first-order valence-corrected chi connectivity index (χ1v) is 13.4. The number of aliphatic hydroxyl groups is 2. The molecule has 1 aromatic carbocycles. The molecule has 13 heteroatoms. The Labute approximate surface area is 244 Å². The van der Waals surface area contributed by atoms with Gasteiger partial charge in [0.25, 0.3) is 0 Å². The van der Waals surface area contributed by atoms with Crippen LogP contribution in [0.3, 0.4) is 0 Å². The van der Waals surface area contributed by atoms with Crippen LogP contribution in [0.1, 0.15) is 25.1 Å². The lowest BCUT2D eigenvalue weighted by Crippen LogP contribution is -2.46. The van der Waals surface area contributed by atoms with E-state index < -0.39 is 23.3 Å². The zero-order chi connectivity index (χ0) is 28.6. The molecule has 2 fully saturated rings. The lowest BCUT2D eigenvalue weighted by atomic mass is 9.89. The van der Waals surface area contributed by atoms with Crippen LogP contribution >= 0.6 is 12.4 Å². The summed E-state index contributed by atoms with van der Waals surface area (Å²) in [6.07, 6.45) is 5.18. The van der Waals surface area contributed by atoms with E-state index in [-0.39, 0.29) is 24.3 Å². The molecule has 2 saturated heterocycles. The number of halogens is 3. The first kappa shape index (κ1) is 30.6. The van der Waals surface area contributed by atoms with Crippen LogP contribution in [0.15, 0.2) is 36.5 Å². The second-order valence-electron chi connectivity index (χ2n) is 11.1. The van der Waals surface area contributed by atoms with Crippen molar-refractivity contribution in [3.8, 4) is 5.82 Å². The number of nitrogens with two attached hydrogens (primary N) is 1. The molecule has 0 spiro atoms. The summed E-state index contributed by atoms with van der Waals surface area (Å²) < 4.78 is 28.9. The van der Waals surface area contributed by atoms with Gasteiger partial charge < -0.3 is 25.7 Å². The van der Waals surface area contributed by atoms with Gasteiger partial charge >= 0.3 is 0 Å². The summed E-state index contributed by atoms with van der Waals surface area (Å²) >= 11 is 0. The van der Waals surface area contributed by atoms with Gasteiger partial charge in [0.1, 0.15) is 17.5 Å². The van der Waals surface area contributed by atoms with Gasteiger partial charge in [0.2, 0.25) is 5.95 Å². The van der Waals surface area contributed by atoms with Crippen molar-refractivity contribution >= 4 is 35.9 Å². The maximum Gasteiger partial charge on any atom is 0.224 e. The summed E-state index contributed by atoms with van der Waals surface area (Å²) in [4.78, 5) is 14.9. The van der Waals surface area contributed by atoms with E-state index in [1.807, 2.05) is 22.8 Å². The fourth-order valence-corrected chi connectivity index (χ4v) is 5.43. The van der Waals surface area contributed by atoms with E-state index in [0.29, 0.717) is 43.5 Å². The van der Waals surface area contributed by atoms with Gasteiger partial charge in [-0.2, -0.15) is 15.1 Å². The molecule has 5 rings (SSSR count). The highest BCUT2D eigenvalue weighted by Gasteiger charge is 2.41. The molecule has 2 aliphatic rings. The molecule has 0 unspecified atom stereocenters. The smallest absolute Gasteiger partial charge is 0.224 e. The number of aromatic nitrogens is 4. The molecule has 0 bridgehead atoms. The topological polar surface area (TPSA) is 120 Å². The quantitative estimate of drug-likeness (QED) is 0.381. The minimum atomic E-state index is -1.02. The third kappa shape index (κ3) is 6.95. The molecule has 222 valence electrons. The molecule has 0 saturated carbocycles. The first-order chi connectivity index (χ1) is 19.0. The molecule has 0 aliphatic carbocycles. The van der Waals surface area contributed by atoms with Crippen LogP contribution < -0.4 is 15.5 Å². The molecule has 41 heavy (non-hydrogen) atoms. The second kappa shape index (κ2) is 12.3. The Kier molecular flexibility index (Phi) is 9.17. The minimum Gasteiger partial charge on any atom is -0.391 e. The van der Waals surface area contributed by atoms with Crippen molar-refractivity contribution in [3.05, 3.63) is 59.4 Å². The van der Waals surface area contributed by atoms with E-state index in [9.17, 15) is 19.0 Å². The Balaban J connectivity index is 0.00000387. The number of β-amino-alcohol motifs (C(OH)–C–C–N with tert-alkyl or cyclic N) is 1. The van der Waals surface area contributed by atoms with Gasteiger partial charge in [-0.3, -0.25) is 4.90 Å². The largest absolute Gasteiger partial charge is 0.391 e. The van der Waals surface area contributed by atoms with Crippen molar-refractivity contribution in [3.63, 3.8) is 0 Å². The number of aliphatic hydroxyl groups excluding tert-OH is 1. The maximum absolute atomic E-state index is 13.6. The van der Waals surface area contributed by atoms with Crippen molar-refractivity contribution in [2.75, 3.05) is 61.3 Å². The third-order valence-corrected chi connectivity index (χ3v) is 7.75. The highest BCUT2D eigenvalue weighted by Crippen LogP contribution is 2.31. The van der Waals surface area contributed by atoms with Crippen LogP contribution in [0.2, 0.25) is 0 Å². The molecule has 2 aromatic heterocycles. The molecule has 0 amide bonds. The Bertz CT molecular complexity index is 1370. The number of benzene rings is 1. The molecule has 0 radical (unpaired) electrons. The lowest BCUT2D eigenvalue weighted by molar-refractivity contribution is -0.0229. The van der Waals surface area contributed by atoms with Crippen LogP contribution in [0.25, 0.3) is 11.9 Å². The van der Waals surface area contributed by atoms with Crippen LogP contribution in [0.4, 0.5) is 26.2 Å². The molecule has 2 aliphatic heterocycles. The number of nitrogens with zero attached hydrogens (tertiary/aromatic N) is 7. The predicted octanol–water partition coefficient (Wildman–Crippen LogP) is 2.66. The normalized spacial score (nSPS) is 20.2. The highest BCUT2D eigenvalue weighted by molar-refractivity contribution is 5.85. The minimum absolute atomic E-state index is 0. The molecular weight excluding hydrogens is 554 g/mol. The monoisotopic (exact) mass is 590 g/mol. The summed E-state index contributed by atoms with van der Waals surface area (Å²) in [5.41, 5.74) is 7.41. The Morgan fingerprint density at radius 1 is 1.00 bits per heavy atom. The van der Waals surface area contributed by atoms with E-state index in [4.69, 9.17) is 5.73 Å². The first-order valence-electron chi connectivity index (χ1n) is 13.4. The van der Waals surface area contributed by atoms with E-state index in [1.165, 1.54) is 12.1 Å². The number of piperazine rings is 1. The van der Waals surface area contributed by atoms with E-state index in [1.54, 1.807) is 30.8 Å². The summed E-state index contributed by atoms with van der Waals surface area (Å²) in [5.74, 6) is -0.257. The number of anilines is 3. The molecule has 4 heterocycles. The van der Waals surface area contributed by atoms with Gasteiger partial charge in [-0.05, 0) is 32.9 Å². The average Bonchev–Trinajstić information content (AvgIpc) is 3.46. The van der Waals surface area contributed by atoms with E-state index in [2.05, 4.69) is 26.0 Å². The Morgan fingerprint density at radius 3 is 2.29 bits per heavy atom. The molecule has 10 nitrogen and oxygen atoms in total. The van der Waals surface area contributed by atoms with Crippen LogP contribution in [-0.2, 0) is 0 Å². The molecule has 2 atom stereocenters. The summed E-state index contributed by atoms with van der Waals surface area (Å²) in [6.45, 7) is 9.80. The third-order valence-electron chi connectivity index (χ3n) is 7.75. The maximum atomic E-state index is 13.6. The summed E-state index contributed by atoms with van der Waals surface area (Å²) in [5, 5.41) is 25.4. The lowest BCUT2D eigenvalue weighted by Gasteiger charge is -2.35. The number of nitrogen functional groups attached to an aromatic ring is 1. The van der Waals surface area contributed by atoms with Gasteiger partial charge in [-0.15, -0.1) is 12.4 Å². The van der Waals surface area contributed by atoms with Gasteiger partial charge in [-0.1, -0.05) is 12.2 Å². The second-order valence-corrected chi connectivity index (χ2v) is 11.1. The van der Waals surface area contributed by atoms with Gasteiger partial charge in [-0.25, -0.2) is 13.5 Å². The summed E-state index contributed by atoms with van der Waals surface area (Å²) in [7, 11) is 0. The van der Waals surface area contributed by atoms with Crippen LogP contribution in [0.5, 0.6) is 0 Å². The van der Waals surface area contributed by atoms with E-state index >= 15 is 0 Å². The molecule has 3 aromatic rings. The molecule has 4 N–H and O–H groups in total. The number of rotatable bonds is 7. The van der Waals surface area contributed by atoms with Gasteiger partial charge in [0, 0.05) is 75.1 Å². The fourth-order valence-electron chi connectivity index (χ4n) is 5.43. The Morgan fingerprint density at radius 2 is 1.66 bits per heavy atom. The zero-order valence-corrected chi connectivity index (χ0v) is 24.2. The van der Waals surface area contributed by atoms with Gasteiger partial charge in [0.05, 0.1) is 23.6 Å². The van der Waals surface area contributed by atoms with Crippen LogP contribution in [-0.4, -0.2) is 92.4 Å². The van der Waals surface area contributed by atoms with Crippen molar-refractivity contribution in [1.29, 1.82) is 0 Å². The van der Waals surface area contributed by atoms with Crippen molar-refractivity contribution in [2.45, 2.75) is 32.5 Å². The average molecular weight is 591 g/mol. The van der Waals surface area contributed by atoms with Crippen molar-refractivity contribution in [1.82, 2.24) is 24.6 Å². The highest BCUT2D eigenvalue weighted by atomic mass is 35.5. The SMILES string of the molecule is Cc1c(/C=C/CN2CCN(c3cc(F)cc(F)c3)CC2)cnn1-c1cc(N2C[C@@H](C(C)(C)O)[C@@H](O)C2)nc(N)n1.Cl. The number of hydrogen-bond donors (Lipinski definition) is 3.